The number of ether oxygens (including phenoxy) is 1. The second-order valence-electron chi connectivity index (χ2n) is 8.32. The topological polar surface area (TPSA) is 88.6 Å². The van der Waals surface area contributed by atoms with E-state index in [1.165, 1.54) is 0 Å². The molecule has 0 amide bonds. The van der Waals surface area contributed by atoms with Gasteiger partial charge in [-0.3, -0.25) is 9.13 Å². The maximum atomic E-state index is 12.8. The molecule has 0 N–H and O–H groups in total. The molecule has 0 unspecified atom stereocenters. The molecule has 0 spiro atoms. The first-order chi connectivity index (χ1) is 17.9. The molecule has 0 bridgehead atoms. The van der Waals surface area contributed by atoms with Gasteiger partial charge in [-0.1, -0.05) is 35.9 Å². The maximum absolute atomic E-state index is 12.8. The number of rotatable bonds is 13. The molecular weight excluding hydrogens is 513 g/mol. The lowest BCUT2D eigenvalue weighted by Gasteiger charge is -2.17. The summed E-state index contributed by atoms with van der Waals surface area (Å²) in [6.07, 6.45) is 5.14. The van der Waals surface area contributed by atoms with Crippen LogP contribution in [-0.4, -0.2) is 34.4 Å². The summed E-state index contributed by atoms with van der Waals surface area (Å²) in [4.78, 5) is 9.01. The lowest BCUT2D eigenvalue weighted by atomic mass is 10.1. The van der Waals surface area contributed by atoms with Crippen molar-refractivity contribution in [2.45, 2.75) is 39.8 Å². The largest absolute Gasteiger partial charge is 0.494 e. The summed E-state index contributed by atoms with van der Waals surface area (Å²) in [6, 6.07) is 15.5. The van der Waals surface area contributed by atoms with Gasteiger partial charge < -0.3 is 18.2 Å². The minimum atomic E-state index is -3.14. The van der Waals surface area contributed by atoms with Gasteiger partial charge in [0.05, 0.1) is 26.0 Å². The van der Waals surface area contributed by atoms with Crippen LogP contribution in [-0.2, 0) is 26.2 Å². The minimum Gasteiger partial charge on any atom is -0.494 e. The highest BCUT2D eigenvalue weighted by molar-refractivity contribution is 7.53. The molecule has 0 saturated carbocycles. The van der Waals surface area contributed by atoms with Crippen LogP contribution < -0.4 is 4.74 Å². The molecule has 2 aromatic heterocycles. The smallest absolute Gasteiger partial charge is 0.335 e. The third-order valence-electron chi connectivity index (χ3n) is 5.60. The summed E-state index contributed by atoms with van der Waals surface area (Å²) in [7, 11) is -3.14. The Morgan fingerprint density at radius 3 is 2.35 bits per heavy atom. The zero-order valence-electron chi connectivity index (χ0n) is 21.2. The molecule has 0 aliphatic heterocycles. The van der Waals surface area contributed by atoms with Crippen molar-refractivity contribution >= 4 is 19.2 Å². The predicted octanol–water partition coefficient (Wildman–Crippen LogP) is 7.27. The Morgan fingerprint density at radius 2 is 1.73 bits per heavy atom. The second kappa shape index (κ2) is 12.6. The van der Waals surface area contributed by atoms with Gasteiger partial charge in [0, 0.05) is 29.4 Å². The van der Waals surface area contributed by atoms with Gasteiger partial charge in [0.2, 0.25) is 0 Å². The van der Waals surface area contributed by atoms with Crippen molar-refractivity contribution in [3.05, 3.63) is 83.1 Å². The molecule has 10 heteroatoms. The highest BCUT2D eigenvalue weighted by atomic mass is 35.5. The quantitative estimate of drug-likeness (QED) is 0.129. The lowest BCUT2D eigenvalue weighted by Crippen LogP contribution is -2.01. The Kier molecular flexibility index (Phi) is 9.22. The SMILES string of the molecule is CCOP(=O)(Cc1ccc(OCCCc2oc(-n3ccnc3C)nc2-c2ccc(Cl)cc2)cc1)OCC. The van der Waals surface area contributed by atoms with E-state index < -0.39 is 7.60 Å². The average Bonchev–Trinajstić information content (AvgIpc) is 3.49. The fourth-order valence-electron chi connectivity index (χ4n) is 3.88. The standard InChI is InChI=1S/C27H31ClN3O5P/c1-4-34-37(32,35-5-2)19-21-8-14-24(15-9-21)33-18-6-7-25-26(22-10-12-23(28)13-11-22)30-27(36-25)31-17-16-29-20(31)3/h8-17H,4-7,18-19H2,1-3H3. The van der Waals surface area contributed by atoms with Crippen LogP contribution >= 0.6 is 19.2 Å². The van der Waals surface area contributed by atoms with E-state index >= 15 is 0 Å². The number of hydrogen-bond donors (Lipinski definition) is 0. The molecule has 2 heterocycles. The van der Waals surface area contributed by atoms with E-state index in [1.54, 1.807) is 20.0 Å². The normalized spacial score (nSPS) is 11.7. The van der Waals surface area contributed by atoms with E-state index in [0.29, 0.717) is 37.3 Å². The maximum Gasteiger partial charge on any atom is 0.335 e. The van der Waals surface area contributed by atoms with E-state index in [-0.39, 0.29) is 6.16 Å². The molecule has 196 valence electrons. The van der Waals surface area contributed by atoms with Crippen LogP contribution in [0.4, 0.5) is 0 Å². The summed E-state index contributed by atoms with van der Waals surface area (Å²) in [6.45, 7) is 6.69. The van der Waals surface area contributed by atoms with E-state index in [4.69, 9.17) is 34.8 Å². The summed E-state index contributed by atoms with van der Waals surface area (Å²) in [5.74, 6) is 2.30. The van der Waals surface area contributed by atoms with Gasteiger partial charge >= 0.3 is 13.6 Å². The van der Waals surface area contributed by atoms with Gasteiger partial charge in [-0.25, -0.2) is 4.98 Å². The summed E-state index contributed by atoms with van der Waals surface area (Å²) in [5, 5.41) is 0.664. The van der Waals surface area contributed by atoms with E-state index in [1.807, 2.05) is 66.2 Å². The van der Waals surface area contributed by atoms with Crippen LogP contribution in [0.2, 0.25) is 5.02 Å². The zero-order chi connectivity index (χ0) is 26.3. The molecule has 0 radical (unpaired) electrons. The zero-order valence-corrected chi connectivity index (χ0v) is 22.9. The van der Waals surface area contributed by atoms with Crippen molar-refractivity contribution in [2.24, 2.45) is 0 Å². The van der Waals surface area contributed by atoms with Gasteiger partial charge in [0.1, 0.15) is 23.0 Å². The van der Waals surface area contributed by atoms with Crippen molar-refractivity contribution < 1.29 is 22.8 Å². The highest BCUT2D eigenvalue weighted by Gasteiger charge is 2.24. The van der Waals surface area contributed by atoms with Gasteiger partial charge in [-0.15, -0.1) is 0 Å². The monoisotopic (exact) mass is 543 g/mol. The number of oxazole rings is 1. The van der Waals surface area contributed by atoms with E-state index in [2.05, 4.69) is 4.98 Å². The lowest BCUT2D eigenvalue weighted by molar-refractivity contribution is 0.219. The third-order valence-corrected chi connectivity index (χ3v) is 7.91. The number of imidazole rings is 1. The molecule has 2 aromatic carbocycles. The first-order valence-corrected chi connectivity index (χ1v) is 14.4. The first kappa shape index (κ1) is 27.1. The van der Waals surface area contributed by atoms with Crippen LogP contribution in [0.5, 0.6) is 5.75 Å². The Bertz CT molecular complexity index is 1330. The summed E-state index contributed by atoms with van der Waals surface area (Å²) in [5.41, 5.74) is 2.58. The van der Waals surface area contributed by atoms with Crippen LogP contribution in [0.3, 0.4) is 0 Å². The molecule has 0 fully saturated rings. The van der Waals surface area contributed by atoms with Crippen LogP contribution in [0.1, 0.15) is 37.4 Å². The van der Waals surface area contributed by atoms with Crippen molar-refractivity contribution in [1.29, 1.82) is 0 Å². The van der Waals surface area contributed by atoms with Crippen LogP contribution in [0, 0.1) is 6.92 Å². The minimum absolute atomic E-state index is 0.229. The average molecular weight is 544 g/mol. The summed E-state index contributed by atoms with van der Waals surface area (Å²) >= 11 is 6.08. The molecule has 4 rings (SSSR count). The summed E-state index contributed by atoms with van der Waals surface area (Å²) < 4.78 is 37.4. The van der Waals surface area contributed by atoms with Crippen molar-refractivity contribution in [3.63, 3.8) is 0 Å². The van der Waals surface area contributed by atoms with Gasteiger partial charge in [-0.2, -0.15) is 4.98 Å². The number of aryl methyl sites for hydroxylation is 2. The Hall–Kier alpha value is -2.90. The number of nitrogens with zero attached hydrogens (tertiary/aromatic N) is 3. The highest BCUT2D eigenvalue weighted by Crippen LogP contribution is 2.51. The number of halogens is 1. The van der Waals surface area contributed by atoms with Crippen molar-refractivity contribution in [3.8, 4) is 23.0 Å². The van der Waals surface area contributed by atoms with Gasteiger partial charge in [0.15, 0.2) is 0 Å². The molecule has 4 aromatic rings. The number of aromatic nitrogens is 3. The van der Waals surface area contributed by atoms with E-state index in [9.17, 15) is 4.57 Å². The van der Waals surface area contributed by atoms with Crippen LogP contribution in [0.15, 0.2) is 65.3 Å². The molecule has 0 aliphatic rings. The number of hydrogen-bond acceptors (Lipinski definition) is 7. The molecule has 8 nitrogen and oxygen atoms in total. The predicted molar refractivity (Wildman–Crippen MR) is 144 cm³/mol. The molecule has 0 atom stereocenters. The number of benzene rings is 2. The first-order valence-electron chi connectivity index (χ1n) is 12.3. The third kappa shape index (κ3) is 7.11. The molecule has 0 aliphatic carbocycles. The fourth-order valence-corrected chi connectivity index (χ4v) is 5.71. The molecule has 37 heavy (non-hydrogen) atoms. The molecular formula is C27H31ClN3O5P. The Labute approximate surface area is 222 Å². The Balaban J connectivity index is 1.39. The van der Waals surface area contributed by atoms with Crippen LogP contribution in [0.25, 0.3) is 17.3 Å². The second-order valence-corrected chi connectivity index (χ2v) is 10.8. The van der Waals surface area contributed by atoms with Crippen molar-refractivity contribution in [2.75, 3.05) is 19.8 Å². The van der Waals surface area contributed by atoms with Crippen molar-refractivity contribution in [1.82, 2.24) is 14.5 Å². The van der Waals surface area contributed by atoms with E-state index in [0.717, 1.165) is 40.6 Å². The van der Waals surface area contributed by atoms with Gasteiger partial charge in [0.25, 0.3) is 0 Å². The fraction of sp³-hybridized carbons (Fsp3) is 0.333. The Morgan fingerprint density at radius 1 is 1.03 bits per heavy atom. The molecule has 0 saturated heterocycles. The van der Waals surface area contributed by atoms with Gasteiger partial charge in [-0.05, 0) is 57.0 Å².